The first-order valence-corrected chi connectivity index (χ1v) is 6.52. The van der Waals surface area contributed by atoms with Crippen LogP contribution in [0, 0.1) is 0 Å². The Morgan fingerprint density at radius 3 is 3.00 bits per heavy atom. The number of nitrogens with zero attached hydrogens (tertiary/aromatic N) is 4. The van der Waals surface area contributed by atoms with Gasteiger partial charge in [0.25, 0.3) is 0 Å². The van der Waals surface area contributed by atoms with Gasteiger partial charge < -0.3 is 5.11 Å². The van der Waals surface area contributed by atoms with Crippen LogP contribution in [0.3, 0.4) is 0 Å². The Morgan fingerprint density at radius 2 is 2.21 bits per heavy atom. The van der Waals surface area contributed by atoms with Crippen LogP contribution in [0.5, 0.6) is 0 Å². The molecule has 3 rings (SSSR count). The number of tetrazole rings is 1. The van der Waals surface area contributed by atoms with Crippen molar-refractivity contribution in [2.45, 2.75) is 13.0 Å². The zero-order valence-corrected chi connectivity index (χ0v) is 10.7. The number of hydrogen-bond acceptors (Lipinski definition) is 5. The Hall–Kier alpha value is -2.28. The lowest BCUT2D eigenvalue weighted by Gasteiger charge is -1.99. The fourth-order valence-corrected chi connectivity index (χ4v) is 2.88. The zero-order valence-electron chi connectivity index (χ0n) is 9.85. The monoisotopic (exact) mass is 274 g/mol. The SMILES string of the molecule is O=C(O)CCn1nnnc1-c1cc2ccccc2s1. The molecule has 2 heterocycles. The van der Waals surface area contributed by atoms with E-state index >= 15 is 0 Å². The molecule has 0 aliphatic heterocycles. The van der Waals surface area contributed by atoms with E-state index in [-0.39, 0.29) is 13.0 Å². The molecule has 0 unspecified atom stereocenters. The van der Waals surface area contributed by atoms with Crippen molar-refractivity contribution in [1.82, 2.24) is 20.2 Å². The van der Waals surface area contributed by atoms with E-state index in [4.69, 9.17) is 5.11 Å². The Balaban J connectivity index is 1.97. The molecule has 0 fully saturated rings. The Bertz CT molecular complexity index is 701. The number of benzene rings is 1. The zero-order chi connectivity index (χ0) is 13.2. The van der Waals surface area contributed by atoms with E-state index in [0.29, 0.717) is 5.82 Å². The van der Waals surface area contributed by atoms with Crippen LogP contribution in [0.1, 0.15) is 6.42 Å². The summed E-state index contributed by atoms with van der Waals surface area (Å²) in [6.07, 6.45) is 0.00291. The summed E-state index contributed by atoms with van der Waals surface area (Å²) in [5.74, 6) is -0.250. The number of aliphatic carboxylic acids is 1. The summed E-state index contributed by atoms with van der Waals surface area (Å²) in [7, 11) is 0. The topological polar surface area (TPSA) is 80.9 Å². The van der Waals surface area contributed by atoms with Gasteiger partial charge in [-0.15, -0.1) is 16.4 Å². The second-order valence-electron chi connectivity index (χ2n) is 4.02. The molecule has 96 valence electrons. The van der Waals surface area contributed by atoms with Gasteiger partial charge >= 0.3 is 5.97 Å². The third-order valence-electron chi connectivity index (χ3n) is 2.72. The van der Waals surface area contributed by atoms with Crippen LogP contribution in [0.25, 0.3) is 20.8 Å². The van der Waals surface area contributed by atoms with Crippen LogP contribution in [-0.4, -0.2) is 31.3 Å². The molecule has 0 aliphatic carbocycles. The predicted octanol–water partition coefficient (Wildman–Crippen LogP) is 2.03. The van der Waals surface area contributed by atoms with Crippen molar-refractivity contribution in [2.24, 2.45) is 0 Å². The molecule has 7 heteroatoms. The maximum Gasteiger partial charge on any atom is 0.305 e. The number of rotatable bonds is 4. The largest absolute Gasteiger partial charge is 0.481 e. The molecule has 0 spiro atoms. The molecule has 0 saturated heterocycles. The third kappa shape index (κ3) is 2.32. The molecule has 0 amide bonds. The number of carbonyl (C=O) groups is 1. The fraction of sp³-hybridized carbons (Fsp3) is 0.167. The van der Waals surface area contributed by atoms with Crippen LogP contribution in [0.2, 0.25) is 0 Å². The lowest BCUT2D eigenvalue weighted by Crippen LogP contribution is -2.07. The molecule has 1 N–H and O–H groups in total. The summed E-state index contributed by atoms with van der Waals surface area (Å²) in [4.78, 5) is 11.5. The molecular weight excluding hydrogens is 264 g/mol. The van der Waals surface area contributed by atoms with Gasteiger partial charge in [-0.1, -0.05) is 18.2 Å². The van der Waals surface area contributed by atoms with Gasteiger partial charge in [0.1, 0.15) is 0 Å². The predicted molar refractivity (Wildman–Crippen MR) is 70.9 cm³/mol. The van der Waals surface area contributed by atoms with E-state index in [1.807, 2.05) is 30.3 Å². The summed E-state index contributed by atoms with van der Waals surface area (Å²) in [6, 6.07) is 10.0. The van der Waals surface area contributed by atoms with Crippen molar-refractivity contribution < 1.29 is 9.90 Å². The Labute approximate surface area is 112 Å². The minimum absolute atomic E-state index is 0.00291. The molecule has 2 aromatic heterocycles. The summed E-state index contributed by atoms with van der Waals surface area (Å²) in [5, 5.41) is 21.3. The van der Waals surface area contributed by atoms with Crippen molar-refractivity contribution in [3.8, 4) is 10.7 Å². The van der Waals surface area contributed by atoms with Gasteiger partial charge in [-0.3, -0.25) is 4.79 Å². The molecule has 6 nitrogen and oxygen atoms in total. The van der Waals surface area contributed by atoms with Gasteiger partial charge in [-0.25, -0.2) is 4.68 Å². The second kappa shape index (κ2) is 4.77. The molecule has 3 aromatic rings. The van der Waals surface area contributed by atoms with E-state index in [9.17, 15) is 4.79 Å². The molecule has 0 aliphatic rings. The molecule has 0 atom stereocenters. The summed E-state index contributed by atoms with van der Waals surface area (Å²) in [5.41, 5.74) is 0. The standard InChI is InChI=1S/C12H10N4O2S/c17-11(18)5-6-16-12(13-14-15-16)10-7-8-3-1-2-4-9(8)19-10/h1-4,7H,5-6H2,(H,17,18). The van der Waals surface area contributed by atoms with Crippen LogP contribution in [-0.2, 0) is 11.3 Å². The quantitative estimate of drug-likeness (QED) is 0.787. The van der Waals surface area contributed by atoms with Gasteiger partial charge in [0.15, 0.2) is 5.82 Å². The van der Waals surface area contributed by atoms with Crippen molar-refractivity contribution >= 4 is 27.4 Å². The number of aromatic nitrogens is 4. The molecular formula is C12H10N4O2S. The smallest absolute Gasteiger partial charge is 0.305 e. The highest BCUT2D eigenvalue weighted by Crippen LogP contribution is 2.31. The van der Waals surface area contributed by atoms with E-state index in [0.717, 1.165) is 15.0 Å². The van der Waals surface area contributed by atoms with Gasteiger partial charge in [0, 0.05) is 4.70 Å². The van der Waals surface area contributed by atoms with Gasteiger partial charge in [-0.05, 0) is 27.9 Å². The van der Waals surface area contributed by atoms with Gasteiger partial charge in [-0.2, -0.15) is 0 Å². The maximum atomic E-state index is 10.6. The second-order valence-corrected chi connectivity index (χ2v) is 5.10. The lowest BCUT2D eigenvalue weighted by atomic mass is 10.2. The Morgan fingerprint density at radius 1 is 1.37 bits per heavy atom. The highest BCUT2D eigenvalue weighted by atomic mass is 32.1. The minimum atomic E-state index is -0.863. The first-order valence-electron chi connectivity index (χ1n) is 5.71. The third-order valence-corrected chi connectivity index (χ3v) is 3.83. The summed E-state index contributed by atoms with van der Waals surface area (Å²) in [6.45, 7) is 0.270. The summed E-state index contributed by atoms with van der Waals surface area (Å²) < 4.78 is 2.68. The molecule has 0 bridgehead atoms. The van der Waals surface area contributed by atoms with Crippen molar-refractivity contribution in [3.05, 3.63) is 30.3 Å². The highest BCUT2D eigenvalue weighted by Gasteiger charge is 2.12. The molecule has 1 aromatic carbocycles. The first kappa shape index (κ1) is 11.8. The van der Waals surface area contributed by atoms with Crippen molar-refractivity contribution in [2.75, 3.05) is 0 Å². The van der Waals surface area contributed by atoms with E-state index in [2.05, 4.69) is 15.5 Å². The van der Waals surface area contributed by atoms with Crippen LogP contribution >= 0.6 is 11.3 Å². The number of aryl methyl sites for hydroxylation is 1. The van der Waals surface area contributed by atoms with Crippen LogP contribution in [0.4, 0.5) is 0 Å². The number of thiophene rings is 1. The number of carboxylic acids is 1. The molecule has 0 radical (unpaired) electrons. The molecule has 19 heavy (non-hydrogen) atoms. The van der Waals surface area contributed by atoms with Gasteiger partial charge in [0.2, 0.25) is 0 Å². The van der Waals surface area contributed by atoms with E-state index in [1.54, 1.807) is 11.3 Å². The average Bonchev–Trinajstić information content (AvgIpc) is 3.02. The van der Waals surface area contributed by atoms with Crippen LogP contribution < -0.4 is 0 Å². The minimum Gasteiger partial charge on any atom is -0.481 e. The van der Waals surface area contributed by atoms with Crippen molar-refractivity contribution in [1.29, 1.82) is 0 Å². The number of hydrogen-bond donors (Lipinski definition) is 1. The van der Waals surface area contributed by atoms with Crippen LogP contribution in [0.15, 0.2) is 30.3 Å². The van der Waals surface area contributed by atoms with Crippen molar-refractivity contribution in [3.63, 3.8) is 0 Å². The fourth-order valence-electron chi connectivity index (χ4n) is 1.83. The summed E-state index contributed by atoms with van der Waals surface area (Å²) >= 11 is 1.59. The average molecular weight is 274 g/mol. The van der Waals surface area contributed by atoms with Gasteiger partial charge in [0.05, 0.1) is 17.8 Å². The maximum absolute atomic E-state index is 10.6. The highest BCUT2D eigenvalue weighted by molar-refractivity contribution is 7.22. The van der Waals surface area contributed by atoms with E-state index < -0.39 is 5.97 Å². The Kier molecular flexibility index (Phi) is 2.96. The lowest BCUT2D eigenvalue weighted by molar-refractivity contribution is -0.137. The number of carboxylic acid groups (broad SMARTS) is 1. The number of fused-ring (bicyclic) bond motifs is 1. The first-order chi connectivity index (χ1) is 9.24. The normalized spacial score (nSPS) is 10.9. The molecule has 0 saturated carbocycles. The van der Waals surface area contributed by atoms with E-state index in [1.165, 1.54) is 4.68 Å².